The number of nitrogens with zero attached hydrogens (tertiary/aromatic N) is 2. The molecule has 0 radical (unpaired) electrons. The molecular formula is C10H12ClN3O2. The molecule has 0 atom stereocenters. The third kappa shape index (κ3) is 1.88. The van der Waals surface area contributed by atoms with Crippen LogP contribution in [0.3, 0.4) is 0 Å². The first-order valence-corrected chi connectivity index (χ1v) is 5.50. The Morgan fingerprint density at radius 1 is 1.50 bits per heavy atom. The minimum absolute atomic E-state index is 0.0335. The summed E-state index contributed by atoms with van der Waals surface area (Å²) in [6.45, 7) is 0. The number of rotatable bonds is 2. The van der Waals surface area contributed by atoms with E-state index >= 15 is 0 Å². The lowest BCUT2D eigenvalue weighted by Crippen LogP contribution is -2.33. The van der Waals surface area contributed by atoms with Crippen molar-refractivity contribution in [2.45, 2.75) is 31.2 Å². The summed E-state index contributed by atoms with van der Waals surface area (Å²) in [7, 11) is 0. The van der Waals surface area contributed by atoms with Crippen LogP contribution in [0.2, 0.25) is 5.15 Å². The van der Waals surface area contributed by atoms with E-state index in [0.717, 1.165) is 25.7 Å². The molecule has 0 spiro atoms. The second kappa shape index (κ2) is 3.99. The van der Waals surface area contributed by atoms with Crippen LogP contribution in [0.25, 0.3) is 0 Å². The van der Waals surface area contributed by atoms with E-state index in [1.165, 1.54) is 12.3 Å². The molecule has 1 heterocycles. The van der Waals surface area contributed by atoms with Gasteiger partial charge in [0, 0.05) is 5.54 Å². The SMILES string of the molecule is NC1(c2cc(Cl)ncc2[N+](=O)[O-])CCCC1. The topological polar surface area (TPSA) is 82.0 Å². The van der Waals surface area contributed by atoms with Crippen molar-refractivity contribution in [3.05, 3.63) is 33.1 Å². The monoisotopic (exact) mass is 241 g/mol. The second-order valence-corrected chi connectivity index (χ2v) is 4.53. The minimum Gasteiger partial charge on any atom is -0.321 e. The van der Waals surface area contributed by atoms with Gasteiger partial charge in [0.25, 0.3) is 5.69 Å². The van der Waals surface area contributed by atoms with Gasteiger partial charge in [0.2, 0.25) is 0 Å². The molecule has 0 unspecified atom stereocenters. The summed E-state index contributed by atoms with van der Waals surface area (Å²) in [6, 6.07) is 1.52. The molecule has 5 nitrogen and oxygen atoms in total. The number of hydrogen-bond acceptors (Lipinski definition) is 4. The van der Waals surface area contributed by atoms with E-state index in [4.69, 9.17) is 17.3 Å². The quantitative estimate of drug-likeness (QED) is 0.490. The Kier molecular flexibility index (Phi) is 2.82. The lowest BCUT2D eigenvalue weighted by Gasteiger charge is -2.23. The van der Waals surface area contributed by atoms with E-state index < -0.39 is 10.5 Å². The van der Waals surface area contributed by atoms with Crippen molar-refractivity contribution in [1.29, 1.82) is 0 Å². The molecular weight excluding hydrogens is 230 g/mol. The highest BCUT2D eigenvalue weighted by Crippen LogP contribution is 2.40. The highest BCUT2D eigenvalue weighted by molar-refractivity contribution is 6.29. The Morgan fingerprint density at radius 2 is 2.12 bits per heavy atom. The zero-order chi connectivity index (χ0) is 11.8. The van der Waals surface area contributed by atoms with Gasteiger partial charge in [-0.3, -0.25) is 10.1 Å². The van der Waals surface area contributed by atoms with Crippen LogP contribution in [0, 0.1) is 10.1 Å². The van der Waals surface area contributed by atoms with Crippen LogP contribution in [-0.4, -0.2) is 9.91 Å². The average Bonchev–Trinajstić information content (AvgIpc) is 2.66. The van der Waals surface area contributed by atoms with E-state index in [1.807, 2.05) is 0 Å². The summed E-state index contributed by atoms with van der Waals surface area (Å²) in [6.07, 6.45) is 4.69. The van der Waals surface area contributed by atoms with Gasteiger partial charge >= 0.3 is 0 Å². The normalized spacial score (nSPS) is 18.6. The van der Waals surface area contributed by atoms with Crippen molar-refractivity contribution in [2.75, 3.05) is 0 Å². The standard InChI is InChI=1S/C10H12ClN3O2/c11-9-5-7(8(6-13-9)14(15)16)10(12)3-1-2-4-10/h5-6H,1-4,12H2. The molecule has 0 aromatic carbocycles. The van der Waals surface area contributed by atoms with Gasteiger partial charge in [-0.15, -0.1) is 0 Å². The van der Waals surface area contributed by atoms with Crippen LogP contribution in [0.15, 0.2) is 12.3 Å². The summed E-state index contributed by atoms with van der Waals surface area (Å²) >= 11 is 5.77. The van der Waals surface area contributed by atoms with Gasteiger partial charge in [-0.25, -0.2) is 4.98 Å². The first-order chi connectivity index (χ1) is 7.53. The highest BCUT2D eigenvalue weighted by atomic mass is 35.5. The van der Waals surface area contributed by atoms with Gasteiger partial charge in [0.05, 0.1) is 10.5 Å². The van der Waals surface area contributed by atoms with E-state index in [0.29, 0.717) is 5.56 Å². The van der Waals surface area contributed by atoms with E-state index in [9.17, 15) is 10.1 Å². The number of pyridine rings is 1. The fourth-order valence-electron chi connectivity index (χ4n) is 2.24. The molecule has 0 aliphatic heterocycles. The van der Waals surface area contributed by atoms with Gasteiger partial charge in [0.1, 0.15) is 11.3 Å². The number of hydrogen-bond donors (Lipinski definition) is 1. The fraction of sp³-hybridized carbons (Fsp3) is 0.500. The van der Waals surface area contributed by atoms with Crippen molar-refractivity contribution in [3.8, 4) is 0 Å². The molecule has 1 saturated carbocycles. The van der Waals surface area contributed by atoms with Crippen LogP contribution >= 0.6 is 11.6 Å². The molecule has 86 valence electrons. The van der Waals surface area contributed by atoms with Crippen molar-refractivity contribution in [2.24, 2.45) is 5.73 Å². The first kappa shape index (κ1) is 11.3. The third-order valence-electron chi connectivity index (χ3n) is 3.08. The summed E-state index contributed by atoms with van der Waals surface area (Å²) < 4.78 is 0. The average molecular weight is 242 g/mol. The van der Waals surface area contributed by atoms with Crippen molar-refractivity contribution < 1.29 is 4.92 Å². The van der Waals surface area contributed by atoms with Crippen LogP contribution in [-0.2, 0) is 5.54 Å². The number of nitro groups is 1. The summed E-state index contributed by atoms with van der Waals surface area (Å²) in [5.74, 6) is 0. The van der Waals surface area contributed by atoms with Crippen LogP contribution < -0.4 is 5.73 Å². The Balaban J connectivity index is 2.52. The Hall–Kier alpha value is -1.20. The number of halogens is 1. The molecule has 2 N–H and O–H groups in total. The van der Waals surface area contributed by atoms with E-state index in [-0.39, 0.29) is 10.8 Å². The van der Waals surface area contributed by atoms with E-state index in [1.54, 1.807) is 0 Å². The summed E-state index contributed by atoms with van der Waals surface area (Å²) in [5.41, 5.74) is 6.06. The number of nitrogens with two attached hydrogens (primary N) is 1. The van der Waals surface area contributed by atoms with E-state index in [2.05, 4.69) is 4.98 Å². The lowest BCUT2D eigenvalue weighted by atomic mass is 9.89. The maximum atomic E-state index is 10.9. The van der Waals surface area contributed by atoms with Gasteiger partial charge in [-0.2, -0.15) is 0 Å². The molecule has 1 aromatic heterocycles. The first-order valence-electron chi connectivity index (χ1n) is 5.12. The Bertz CT molecular complexity index is 430. The molecule has 0 amide bonds. The van der Waals surface area contributed by atoms with Gasteiger partial charge in [0.15, 0.2) is 0 Å². The Morgan fingerprint density at radius 3 is 2.69 bits per heavy atom. The minimum atomic E-state index is -0.616. The molecule has 2 rings (SSSR count). The lowest BCUT2D eigenvalue weighted by molar-refractivity contribution is -0.386. The highest BCUT2D eigenvalue weighted by Gasteiger charge is 2.37. The van der Waals surface area contributed by atoms with Gasteiger partial charge < -0.3 is 5.73 Å². The van der Waals surface area contributed by atoms with Crippen LogP contribution in [0.4, 0.5) is 5.69 Å². The molecule has 6 heteroatoms. The molecule has 1 aliphatic rings. The molecule has 0 saturated heterocycles. The van der Waals surface area contributed by atoms with Crippen molar-refractivity contribution in [3.63, 3.8) is 0 Å². The van der Waals surface area contributed by atoms with Gasteiger partial charge in [-0.05, 0) is 18.9 Å². The van der Waals surface area contributed by atoms with Crippen molar-refractivity contribution in [1.82, 2.24) is 4.98 Å². The Labute approximate surface area is 97.8 Å². The molecule has 1 aromatic rings. The predicted octanol–water partition coefficient (Wildman–Crippen LogP) is 2.37. The molecule has 1 aliphatic carbocycles. The fourth-order valence-corrected chi connectivity index (χ4v) is 2.40. The predicted molar refractivity (Wildman–Crippen MR) is 60.2 cm³/mol. The van der Waals surface area contributed by atoms with Crippen LogP contribution in [0.1, 0.15) is 31.2 Å². The summed E-state index contributed by atoms with van der Waals surface area (Å²) in [4.78, 5) is 14.2. The third-order valence-corrected chi connectivity index (χ3v) is 3.29. The zero-order valence-electron chi connectivity index (χ0n) is 8.65. The van der Waals surface area contributed by atoms with Crippen LogP contribution in [0.5, 0.6) is 0 Å². The number of aromatic nitrogens is 1. The smallest absolute Gasteiger partial charge is 0.292 e. The molecule has 1 fully saturated rings. The molecule has 16 heavy (non-hydrogen) atoms. The van der Waals surface area contributed by atoms with Gasteiger partial charge in [-0.1, -0.05) is 24.4 Å². The largest absolute Gasteiger partial charge is 0.321 e. The second-order valence-electron chi connectivity index (χ2n) is 4.14. The maximum Gasteiger partial charge on any atom is 0.292 e. The molecule has 0 bridgehead atoms. The maximum absolute atomic E-state index is 10.9. The van der Waals surface area contributed by atoms with Crippen molar-refractivity contribution >= 4 is 17.3 Å². The zero-order valence-corrected chi connectivity index (χ0v) is 9.41. The summed E-state index contributed by atoms with van der Waals surface area (Å²) in [5, 5.41) is 11.1.